The number of aromatic hydroxyl groups is 1. The fourth-order valence-electron chi connectivity index (χ4n) is 3.71. The van der Waals surface area contributed by atoms with Crippen LogP contribution in [0.2, 0.25) is 0 Å². The molecule has 0 aliphatic heterocycles. The van der Waals surface area contributed by atoms with Crippen molar-refractivity contribution in [2.24, 2.45) is 0 Å². The Morgan fingerprint density at radius 3 is 1.30 bits per heavy atom. The Balaban J connectivity index is 2.70. The molecule has 1 heteroatoms. The van der Waals surface area contributed by atoms with Crippen molar-refractivity contribution in [3.05, 3.63) is 63.7 Å². The summed E-state index contributed by atoms with van der Waals surface area (Å²) in [7, 11) is 0. The van der Waals surface area contributed by atoms with Crippen LogP contribution in [0.3, 0.4) is 0 Å². The molecule has 0 amide bonds. The van der Waals surface area contributed by atoms with Crippen molar-refractivity contribution < 1.29 is 5.11 Å². The van der Waals surface area contributed by atoms with Crippen molar-refractivity contribution in [3.63, 3.8) is 0 Å². The molecule has 0 saturated heterocycles. The highest BCUT2D eigenvalue weighted by Crippen LogP contribution is 2.39. The average molecular weight is 409 g/mol. The van der Waals surface area contributed by atoms with Crippen LogP contribution in [0.25, 0.3) is 0 Å². The molecular formula is C29H44O. The van der Waals surface area contributed by atoms with Crippen molar-refractivity contribution in [2.75, 3.05) is 0 Å². The Kier molecular flexibility index (Phi) is 6.32. The first-order chi connectivity index (χ1) is 13.3. The van der Waals surface area contributed by atoms with Crippen LogP contribution in [-0.4, -0.2) is 5.11 Å². The maximum Gasteiger partial charge on any atom is 0.122 e. The Hall–Kier alpha value is -1.76. The first-order valence-corrected chi connectivity index (χ1v) is 11.3. The first kappa shape index (κ1) is 24.5. The lowest BCUT2D eigenvalue weighted by Gasteiger charge is -2.28. The predicted octanol–water partition coefficient (Wildman–Crippen LogP) is 8.17. The molecule has 0 aliphatic rings. The van der Waals surface area contributed by atoms with Gasteiger partial charge < -0.3 is 5.11 Å². The minimum absolute atomic E-state index is 0.0340. The largest absolute Gasteiger partial charge is 0.507 e. The Morgan fingerprint density at radius 2 is 0.933 bits per heavy atom. The van der Waals surface area contributed by atoms with Crippen molar-refractivity contribution in [1.29, 1.82) is 0 Å². The molecular weight excluding hydrogens is 364 g/mol. The average Bonchev–Trinajstić information content (AvgIpc) is 2.52. The molecule has 2 aromatic rings. The standard InChI is InChI=1S/C29H44O/c1-26(2,3)21-14-19(15-22(17-21)27(4,5)6)13-20-16-23(28(7,8)9)18-24(25(20)30)29(10,11)12/h14-18,30H,13H2,1-12H3. The van der Waals surface area contributed by atoms with E-state index in [4.69, 9.17) is 0 Å². The van der Waals surface area contributed by atoms with Gasteiger partial charge in [0.15, 0.2) is 0 Å². The summed E-state index contributed by atoms with van der Waals surface area (Å²) < 4.78 is 0. The van der Waals surface area contributed by atoms with Crippen LogP contribution in [-0.2, 0) is 28.1 Å². The van der Waals surface area contributed by atoms with E-state index in [2.05, 4.69) is 113 Å². The summed E-state index contributed by atoms with van der Waals surface area (Å²) in [6, 6.07) is 11.4. The van der Waals surface area contributed by atoms with Gasteiger partial charge in [0, 0.05) is 6.42 Å². The number of phenolic OH excluding ortho intramolecular Hbond substituents is 1. The number of rotatable bonds is 2. The van der Waals surface area contributed by atoms with E-state index in [-0.39, 0.29) is 21.7 Å². The van der Waals surface area contributed by atoms with Gasteiger partial charge in [-0.1, -0.05) is 113 Å². The fraction of sp³-hybridized carbons (Fsp3) is 0.586. The summed E-state index contributed by atoms with van der Waals surface area (Å²) in [4.78, 5) is 0. The topological polar surface area (TPSA) is 20.2 Å². The molecule has 2 rings (SSSR count). The van der Waals surface area contributed by atoms with E-state index in [1.165, 1.54) is 22.3 Å². The molecule has 0 heterocycles. The van der Waals surface area contributed by atoms with Gasteiger partial charge in [-0.2, -0.15) is 0 Å². The van der Waals surface area contributed by atoms with Crippen LogP contribution in [0.4, 0.5) is 0 Å². The Bertz CT molecular complexity index is 871. The molecule has 30 heavy (non-hydrogen) atoms. The van der Waals surface area contributed by atoms with Gasteiger partial charge in [-0.3, -0.25) is 0 Å². The smallest absolute Gasteiger partial charge is 0.122 e. The minimum Gasteiger partial charge on any atom is -0.507 e. The van der Waals surface area contributed by atoms with E-state index in [0.29, 0.717) is 5.75 Å². The van der Waals surface area contributed by atoms with Crippen LogP contribution >= 0.6 is 0 Å². The second-order valence-electron chi connectivity index (χ2n) is 13.1. The molecule has 0 aromatic heterocycles. The van der Waals surface area contributed by atoms with Crippen LogP contribution in [0.5, 0.6) is 5.75 Å². The highest BCUT2D eigenvalue weighted by molar-refractivity contribution is 5.51. The van der Waals surface area contributed by atoms with E-state index in [0.717, 1.165) is 17.5 Å². The van der Waals surface area contributed by atoms with Gasteiger partial charge in [-0.15, -0.1) is 0 Å². The molecule has 0 saturated carbocycles. The number of hydrogen-bond acceptors (Lipinski definition) is 1. The molecule has 0 radical (unpaired) electrons. The van der Waals surface area contributed by atoms with E-state index < -0.39 is 0 Å². The maximum atomic E-state index is 11.2. The molecule has 0 aliphatic carbocycles. The monoisotopic (exact) mass is 408 g/mol. The minimum atomic E-state index is -0.107. The van der Waals surface area contributed by atoms with Crippen molar-refractivity contribution in [3.8, 4) is 5.75 Å². The van der Waals surface area contributed by atoms with Gasteiger partial charge in [0.2, 0.25) is 0 Å². The van der Waals surface area contributed by atoms with E-state index in [1.807, 2.05) is 0 Å². The van der Waals surface area contributed by atoms with E-state index in [9.17, 15) is 5.11 Å². The highest BCUT2D eigenvalue weighted by atomic mass is 16.3. The number of phenols is 1. The number of hydrogen-bond donors (Lipinski definition) is 1. The third kappa shape index (κ3) is 5.68. The molecule has 0 spiro atoms. The predicted molar refractivity (Wildman–Crippen MR) is 132 cm³/mol. The number of benzene rings is 2. The van der Waals surface area contributed by atoms with Crippen molar-refractivity contribution >= 4 is 0 Å². The second-order valence-corrected chi connectivity index (χ2v) is 13.1. The lowest BCUT2D eigenvalue weighted by molar-refractivity contribution is 0.439. The molecule has 1 nitrogen and oxygen atoms in total. The summed E-state index contributed by atoms with van der Waals surface area (Å²) in [6.45, 7) is 26.9. The summed E-state index contributed by atoms with van der Waals surface area (Å²) in [5.74, 6) is 0.453. The van der Waals surface area contributed by atoms with Crippen LogP contribution in [0, 0.1) is 0 Å². The van der Waals surface area contributed by atoms with E-state index >= 15 is 0 Å². The van der Waals surface area contributed by atoms with Crippen molar-refractivity contribution in [2.45, 2.75) is 111 Å². The van der Waals surface area contributed by atoms with Gasteiger partial charge >= 0.3 is 0 Å². The first-order valence-electron chi connectivity index (χ1n) is 11.3. The molecule has 2 aromatic carbocycles. The van der Waals surface area contributed by atoms with E-state index in [1.54, 1.807) is 0 Å². The summed E-state index contributed by atoms with van der Waals surface area (Å²) in [6.07, 6.45) is 0.742. The molecule has 166 valence electrons. The summed E-state index contributed by atoms with van der Waals surface area (Å²) >= 11 is 0. The molecule has 0 atom stereocenters. The third-order valence-corrected chi connectivity index (χ3v) is 5.98. The van der Waals surface area contributed by atoms with Gasteiger partial charge in [-0.25, -0.2) is 0 Å². The van der Waals surface area contributed by atoms with Crippen LogP contribution in [0.1, 0.15) is 116 Å². The zero-order chi connectivity index (χ0) is 23.3. The molecule has 0 fully saturated rings. The highest BCUT2D eigenvalue weighted by Gasteiger charge is 2.26. The van der Waals surface area contributed by atoms with Crippen LogP contribution < -0.4 is 0 Å². The lowest BCUT2D eigenvalue weighted by Crippen LogP contribution is -2.18. The normalized spacial score (nSPS) is 13.6. The van der Waals surface area contributed by atoms with Crippen LogP contribution in [0.15, 0.2) is 30.3 Å². The second kappa shape index (κ2) is 7.74. The lowest BCUT2D eigenvalue weighted by atomic mass is 9.77. The third-order valence-electron chi connectivity index (χ3n) is 5.98. The molecule has 0 bridgehead atoms. The molecule has 0 unspecified atom stereocenters. The quantitative estimate of drug-likeness (QED) is 0.531. The van der Waals surface area contributed by atoms with Gasteiger partial charge in [-0.05, 0) is 55.0 Å². The molecule has 1 N–H and O–H groups in total. The fourth-order valence-corrected chi connectivity index (χ4v) is 3.71. The van der Waals surface area contributed by atoms with Gasteiger partial charge in [0.25, 0.3) is 0 Å². The summed E-state index contributed by atoms with van der Waals surface area (Å²) in [5, 5.41) is 11.2. The SMILES string of the molecule is CC(C)(C)c1cc(Cc2cc(C(C)(C)C)cc(C(C)(C)C)c2O)cc(C(C)(C)C)c1. The maximum absolute atomic E-state index is 11.2. The van der Waals surface area contributed by atoms with Gasteiger partial charge in [0.05, 0.1) is 0 Å². The van der Waals surface area contributed by atoms with Gasteiger partial charge in [0.1, 0.15) is 5.75 Å². The zero-order valence-electron chi connectivity index (χ0n) is 21.5. The van der Waals surface area contributed by atoms with Crippen molar-refractivity contribution in [1.82, 2.24) is 0 Å². The Morgan fingerprint density at radius 1 is 0.533 bits per heavy atom. The Labute approximate surface area is 185 Å². The zero-order valence-corrected chi connectivity index (χ0v) is 21.5. The summed E-state index contributed by atoms with van der Waals surface area (Å²) in [5.41, 5.74) is 7.42.